The second-order valence-corrected chi connectivity index (χ2v) is 12.1. The second kappa shape index (κ2) is 12.7. The minimum atomic E-state index is -0.172. The number of nitrogens with one attached hydrogen (secondary N) is 1. The number of nitrogens with two attached hydrogens (primary N) is 1. The normalized spacial score (nSPS) is 13.8. The minimum Gasteiger partial charge on any atom is -0.493 e. The largest absolute Gasteiger partial charge is 0.493 e. The lowest BCUT2D eigenvalue weighted by Gasteiger charge is -2.26. The number of anilines is 2. The van der Waals surface area contributed by atoms with Crippen LogP contribution in [0.1, 0.15) is 33.5 Å². The highest BCUT2D eigenvalue weighted by atomic mass is 32.1. The summed E-state index contributed by atoms with van der Waals surface area (Å²) in [6, 6.07) is 13.3. The standard InChI is InChI=1S/C33H36N6O4S/c1-19-14-20(2)29(21(3)15-19)37-32(40)22-6-7-24-28(16-22)44-33(36-24)31-35-25-18-27(26(41-4)17-23(25)30(34)38-31)43-11-5-8-39-9-12-42-13-10-39/h6-7,14-18H,5,8-13H2,1-4H3,(H,37,40)(H2,34,35,38). The molecule has 0 atom stereocenters. The zero-order valence-corrected chi connectivity index (χ0v) is 26.2. The summed E-state index contributed by atoms with van der Waals surface area (Å²) >= 11 is 1.41. The van der Waals surface area contributed by atoms with Gasteiger partial charge in [-0.1, -0.05) is 17.7 Å². The molecule has 0 unspecified atom stereocenters. The number of benzene rings is 3. The average molecular weight is 613 g/mol. The van der Waals surface area contributed by atoms with Crippen molar-refractivity contribution in [1.29, 1.82) is 0 Å². The van der Waals surface area contributed by atoms with Crippen LogP contribution in [0.25, 0.3) is 32.0 Å². The van der Waals surface area contributed by atoms with Crippen LogP contribution in [0.2, 0.25) is 0 Å². The van der Waals surface area contributed by atoms with E-state index in [-0.39, 0.29) is 5.91 Å². The van der Waals surface area contributed by atoms with Crippen LogP contribution in [0.5, 0.6) is 11.5 Å². The number of methoxy groups -OCH3 is 1. The monoisotopic (exact) mass is 612 g/mol. The van der Waals surface area contributed by atoms with E-state index in [9.17, 15) is 4.79 Å². The van der Waals surface area contributed by atoms with Gasteiger partial charge in [-0.15, -0.1) is 11.3 Å². The highest BCUT2D eigenvalue weighted by Gasteiger charge is 2.18. The number of rotatable bonds is 9. The number of aryl methyl sites for hydroxylation is 3. The lowest BCUT2D eigenvalue weighted by atomic mass is 10.0. The van der Waals surface area contributed by atoms with Crippen LogP contribution in [0.15, 0.2) is 42.5 Å². The van der Waals surface area contributed by atoms with Gasteiger partial charge in [-0.25, -0.2) is 15.0 Å². The summed E-state index contributed by atoms with van der Waals surface area (Å²) in [5.74, 6) is 1.75. The van der Waals surface area contributed by atoms with Gasteiger partial charge in [0, 0.05) is 42.3 Å². The van der Waals surface area contributed by atoms with Gasteiger partial charge in [-0.2, -0.15) is 0 Å². The SMILES string of the molecule is COc1cc2c(N)nc(-c3nc4ccc(C(=O)Nc5c(C)cc(C)cc5C)cc4s3)nc2cc1OCCCN1CCOCC1. The quantitative estimate of drug-likeness (QED) is 0.199. The van der Waals surface area contributed by atoms with E-state index in [1.807, 2.05) is 45.0 Å². The molecule has 0 bridgehead atoms. The molecule has 11 heteroatoms. The first-order chi connectivity index (χ1) is 21.3. The van der Waals surface area contributed by atoms with Gasteiger partial charge in [0.05, 0.1) is 42.7 Å². The molecular formula is C33H36N6O4S. The number of nitrogens with zero attached hydrogens (tertiary/aromatic N) is 4. The van der Waals surface area contributed by atoms with Crippen molar-refractivity contribution in [2.75, 3.05) is 57.6 Å². The molecule has 0 radical (unpaired) electrons. The summed E-state index contributed by atoms with van der Waals surface area (Å²) in [6.45, 7) is 11.0. The third kappa shape index (κ3) is 6.30. The number of hydrogen-bond acceptors (Lipinski definition) is 10. The summed E-state index contributed by atoms with van der Waals surface area (Å²) < 4.78 is 18.0. The molecule has 5 aromatic rings. The van der Waals surface area contributed by atoms with Gasteiger partial charge in [-0.05, 0) is 62.6 Å². The van der Waals surface area contributed by atoms with Gasteiger partial charge >= 0.3 is 0 Å². The minimum absolute atomic E-state index is 0.172. The zero-order valence-electron chi connectivity index (χ0n) is 25.4. The van der Waals surface area contributed by atoms with E-state index in [0.29, 0.717) is 51.2 Å². The van der Waals surface area contributed by atoms with Gasteiger partial charge in [0.25, 0.3) is 5.91 Å². The Morgan fingerprint density at radius 3 is 2.52 bits per heavy atom. The van der Waals surface area contributed by atoms with Crippen molar-refractivity contribution < 1.29 is 19.0 Å². The van der Waals surface area contributed by atoms with Crippen molar-refractivity contribution in [3.63, 3.8) is 0 Å². The first-order valence-electron chi connectivity index (χ1n) is 14.7. The van der Waals surface area contributed by atoms with Crippen LogP contribution < -0.4 is 20.5 Å². The fourth-order valence-corrected chi connectivity index (χ4v) is 6.49. The van der Waals surface area contributed by atoms with Crippen molar-refractivity contribution in [3.8, 4) is 22.3 Å². The van der Waals surface area contributed by atoms with E-state index < -0.39 is 0 Å². The Kier molecular flexibility index (Phi) is 8.60. The van der Waals surface area contributed by atoms with E-state index in [1.165, 1.54) is 11.3 Å². The molecule has 0 saturated carbocycles. The van der Waals surface area contributed by atoms with Crippen LogP contribution in [0.4, 0.5) is 11.5 Å². The van der Waals surface area contributed by atoms with Gasteiger partial charge < -0.3 is 25.3 Å². The number of nitrogen functional groups attached to an aromatic ring is 1. The number of thiazole rings is 1. The van der Waals surface area contributed by atoms with E-state index in [2.05, 4.69) is 27.3 Å². The van der Waals surface area contributed by atoms with Gasteiger partial charge in [0.15, 0.2) is 22.3 Å². The summed E-state index contributed by atoms with van der Waals surface area (Å²) in [7, 11) is 1.60. The Balaban J connectivity index is 1.23. The molecule has 228 valence electrons. The topological polar surface area (TPSA) is 125 Å². The number of fused-ring (bicyclic) bond motifs is 2. The van der Waals surface area contributed by atoms with E-state index >= 15 is 0 Å². The predicted octanol–water partition coefficient (Wildman–Crippen LogP) is 5.78. The number of morpholine rings is 1. The Labute approximate surface area is 260 Å². The second-order valence-electron chi connectivity index (χ2n) is 11.0. The summed E-state index contributed by atoms with van der Waals surface area (Å²) in [4.78, 5) is 29.7. The molecule has 3 N–H and O–H groups in total. The van der Waals surface area contributed by atoms with Crippen molar-refractivity contribution >= 4 is 49.9 Å². The van der Waals surface area contributed by atoms with Crippen molar-refractivity contribution in [2.45, 2.75) is 27.2 Å². The summed E-state index contributed by atoms with van der Waals surface area (Å²) in [6.07, 6.45) is 0.883. The maximum Gasteiger partial charge on any atom is 0.255 e. The van der Waals surface area contributed by atoms with E-state index in [4.69, 9.17) is 29.9 Å². The molecule has 44 heavy (non-hydrogen) atoms. The molecule has 0 spiro atoms. The van der Waals surface area contributed by atoms with Crippen LogP contribution in [0.3, 0.4) is 0 Å². The first-order valence-corrected chi connectivity index (χ1v) is 15.5. The smallest absolute Gasteiger partial charge is 0.255 e. The molecular weight excluding hydrogens is 576 g/mol. The van der Waals surface area contributed by atoms with E-state index in [0.717, 1.165) is 71.9 Å². The van der Waals surface area contributed by atoms with Crippen LogP contribution in [0, 0.1) is 20.8 Å². The Bertz CT molecular complexity index is 1830. The Morgan fingerprint density at radius 2 is 1.77 bits per heavy atom. The molecule has 1 fully saturated rings. The number of amides is 1. The van der Waals surface area contributed by atoms with Crippen molar-refractivity contribution in [3.05, 3.63) is 64.7 Å². The molecule has 6 rings (SSSR count). The number of carbonyl (C=O) groups is 1. The van der Waals surface area contributed by atoms with Gasteiger partial charge in [0.1, 0.15) is 5.82 Å². The fraction of sp³-hybridized carbons (Fsp3) is 0.333. The molecule has 3 aromatic carbocycles. The maximum absolute atomic E-state index is 13.2. The molecule has 1 aliphatic heterocycles. The molecule has 1 aliphatic rings. The molecule has 2 aromatic heterocycles. The lowest BCUT2D eigenvalue weighted by Crippen LogP contribution is -2.37. The van der Waals surface area contributed by atoms with Gasteiger partial charge in [-0.3, -0.25) is 9.69 Å². The van der Waals surface area contributed by atoms with Crippen LogP contribution in [-0.4, -0.2) is 72.3 Å². The summed E-state index contributed by atoms with van der Waals surface area (Å²) in [5, 5.41) is 4.36. The van der Waals surface area contributed by atoms with Crippen molar-refractivity contribution in [1.82, 2.24) is 19.9 Å². The van der Waals surface area contributed by atoms with Crippen LogP contribution in [-0.2, 0) is 4.74 Å². The molecule has 1 amide bonds. The molecule has 0 aliphatic carbocycles. The van der Waals surface area contributed by atoms with E-state index in [1.54, 1.807) is 13.2 Å². The molecule has 10 nitrogen and oxygen atoms in total. The summed E-state index contributed by atoms with van der Waals surface area (Å²) in [5.41, 5.74) is 12.4. The molecule has 3 heterocycles. The number of aromatic nitrogens is 3. The number of carbonyl (C=O) groups excluding carboxylic acids is 1. The van der Waals surface area contributed by atoms with Gasteiger partial charge in [0.2, 0.25) is 0 Å². The maximum atomic E-state index is 13.2. The first kappa shape index (κ1) is 29.7. The lowest BCUT2D eigenvalue weighted by molar-refractivity contribution is 0.0357. The zero-order chi connectivity index (χ0) is 30.8. The average Bonchev–Trinajstić information content (AvgIpc) is 3.45. The van der Waals surface area contributed by atoms with Crippen LogP contribution >= 0.6 is 11.3 Å². The highest BCUT2D eigenvalue weighted by Crippen LogP contribution is 2.36. The Morgan fingerprint density at radius 1 is 1.00 bits per heavy atom. The van der Waals surface area contributed by atoms with Crippen molar-refractivity contribution in [2.24, 2.45) is 0 Å². The predicted molar refractivity (Wildman–Crippen MR) is 175 cm³/mol. The third-order valence-electron chi connectivity index (χ3n) is 7.75. The Hall–Kier alpha value is -4.32. The number of ether oxygens (including phenoxy) is 3. The third-order valence-corrected chi connectivity index (χ3v) is 8.76. The highest BCUT2D eigenvalue weighted by molar-refractivity contribution is 7.21. The molecule has 1 saturated heterocycles. The number of hydrogen-bond donors (Lipinski definition) is 2. The fourth-order valence-electron chi connectivity index (χ4n) is 5.55.